The lowest BCUT2D eigenvalue weighted by Gasteiger charge is -2.33. The number of anilines is 2. The van der Waals surface area contributed by atoms with E-state index in [4.69, 9.17) is 9.26 Å². The second kappa shape index (κ2) is 10.1. The van der Waals surface area contributed by atoms with Crippen LogP contribution in [-0.4, -0.2) is 37.0 Å². The van der Waals surface area contributed by atoms with Gasteiger partial charge in [-0.05, 0) is 101 Å². The summed E-state index contributed by atoms with van der Waals surface area (Å²) in [4.78, 5) is 2.36. The number of nitriles is 1. The fourth-order valence-electron chi connectivity index (χ4n) is 5.40. The van der Waals surface area contributed by atoms with Crippen molar-refractivity contribution >= 4 is 11.4 Å². The number of hydrogen-bond donors (Lipinski definition) is 1. The van der Waals surface area contributed by atoms with Gasteiger partial charge < -0.3 is 19.5 Å². The number of rotatable bonds is 8. The Kier molecular flexibility index (Phi) is 6.87. The van der Waals surface area contributed by atoms with Crippen LogP contribution >= 0.6 is 0 Å². The van der Waals surface area contributed by atoms with Crippen LogP contribution < -0.4 is 10.2 Å². The summed E-state index contributed by atoms with van der Waals surface area (Å²) >= 11 is 0. The molecule has 188 valence electrons. The van der Waals surface area contributed by atoms with Crippen LogP contribution in [0.1, 0.15) is 55.2 Å². The van der Waals surface area contributed by atoms with Crippen LogP contribution in [0.4, 0.5) is 11.4 Å². The monoisotopic (exact) mass is 484 g/mol. The number of nitrogens with zero attached hydrogens (tertiary/aromatic N) is 3. The maximum absolute atomic E-state index is 9.65. The quantitative estimate of drug-likeness (QED) is 0.415. The van der Waals surface area contributed by atoms with Gasteiger partial charge in [0.15, 0.2) is 0 Å². The molecule has 6 heteroatoms. The molecule has 2 fully saturated rings. The number of ether oxygens (including phenoxy) is 1. The molecule has 6 nitrogen and oxygen atoms in total. The number of benzene rings is 2. The molecule has 1 aliphatic heterocycles. The Morgan fingerprint density at radius 2 is 1.86 bits per heavy atom. The highest BCUT2D eigenvalue weighted by Crippen LogP contribution is 2.48. The number of aromatic nitrogens is 1. The fourth-order valence-corrected chi connectivity index (χ4v) is 5.40. The molecule has 1 saturated heterocycles. The Hall–Kier alpha value is -3.14. The van der Waals surface area contributed by atoms with E-state index in [2.05, 4.69) is 77.8 Å². The van der Waals surface area contributed by atoms with E-state index < -0.39 is 0 Å². The van der Waals surface area contributed by atoms with Crippen LogP contribution in [0, 0.1) is 32.1 Å². The molecule has 3 aromatic rings. The normalized spacial score (nSPS) is 18.0. The zero-order valence-electron chi connectivity index (χ0n) is 21.8. The molecule has 1 unspecified atom stereocenters. The number of hydrogen-bond acceptors (Lipinski definition) is 6. The van der Waals surface area contributed by atoms with Gasteiger partial charge in [-0.25, -0.2) is 0 Å². The third-order valence-corrected chi connectivity index (χ3v) is 7.67. The van der Waals surface area contributed by atoms with Crippen LogP contribution in [0.15, 0.2) is 47.0 Å². The first-order chi connectivity index (χ1) is 17.4. The van der Waals surface area contributed by atoms with Crippen molar-refractivity contribution in [3.8, 4) is 17.2 Å². The van der Waals surface area contributed by atoms with Gasteiger partial charge >= 0.3 is 0 Å². The average Bonchev–Trinajstić information content (AvgIpc) is 3.62. The molecule has 0 amide bonds. The highest BCUT2D eigenvalue weighted by Gasteiger charge is 2.44. The van der Waals surface area contributed by atoms with E-state index >= 15 is 0 Å². The van der Waals surface area contributed by atoms with Crippen LogP contribution in [0.5, 0.6) is 0 Å². The lowest BCUT2D eigenvalue weighted by atomic mass is 9.97. The minimum atomic E-state index is -0.284. The largest absolute Gasteiger partial charge is 0.373 e. The molecule has 2 heterocycles. The van der Waals surface area contributed by atoms with Gasteiger partial charge in [-0.15, -0.1) is 0 Å². The maximum atomic E-state index is 9.65. The summed E-state index contributed by atoms with van der Waals surface area (Å²) in [5.74, 6) is 0.826. The zero-order chi connectivity index (χ0) is 25.3. The topological polar surface area (TPSA) is 74.3 Å². The standard InChI is InChI=1S/C30H36N4O2/c1-20-5-6-24(29-22(3)33-36-23(29)4)17-28(20)34(18-21(2)35-27-11-15-32-16-12-27)26-9-7-25(8-10-26)30(19-31)13-14-30/h5-10,17,21,27,32H,11-16,18H2,1-4H3. The molecule has 1 N–H and O–H groups in total. The summed E-state index contributed by atoms with van der Waals surface area (Å²) in [6, 6.07) is 17.6. The molecule has 1 aromatic heterocycles. The van der Waals surface area contributed by atoms with Gasteiger partial charge in [0.2, 0.25) is 0 Å². The first-order valence-electron chi connectivity index (χ1n) is 13.1. The zero-order valence-corrected chi connectivity index (χ0v) is 21.8. The Balaban J connectivity index is 1.49. The van der Waals surface area contributed by atoms with Gasteiger partial charge in [-0.2, -0.15) is 5.26 Å². The molecule has 5 rings (SSSR count). The summed E-state index contributed by atoms with van der Waals surface area (Å²) in [5.41, 5.74) is 7.32. The van der Waals surface area contributed by atoms with Crippen LogP contribution in [-0.2, 0) is 10.2 Å². The number of nitrogens with one attached hydrogen (secondary N) is 1. The number of aryl methyl sites for hydroxylation is 3. The summed E-state index contributed by atoms with van der Waals surface area (Å²) in [6.45, 7) is 11.0. The van der Waals surface area contributed by atoms with Gasteiger partial charge in [0.1, 0.15) is 5.76 Å². The SMILES string of the molecule is Cc1ccc(-c2c(C)noc2C)cc1N(CC(C)OC1CCNCC1)c1ccc(C2(C#N)CC2)cc1. The molecule has 0 bridgehead atoms. The van der Waals surface area contributed by atoms with Crippen molar-refractivity contribution in [1.29, 1.82) is 5.26 Å². The molecule has 0 radical (unpaired) electrons. The Morgan fingerprint density at radius 1 is 1.14 bits per heavy atom. The minimum absolute atomic E-state index is 0.0591. The molecule has 2 aromatic carbocycles. The Morgan fingerprint density at radius 3 is 2.47 bits per heavy atom. The fraction of sp³-hybridized carbons (Fsp3) is 0.467. The second-order valence-electron chi connectivity index (χ2n) is 10.4. The van der Waals surface area contributed by atoms with E-state index in [1.54, 1.807) is 0 Å². The Bertz CT molecular complexity index is 1230. The van der Waals surface area contributed by atoms with Crippen molar-refractivity contribution in [2.45, 2.75) is 71.0 Å². The van der Waals surface area contributed by atoms with E-state index in [0.29, 0.717) is 6.10 Å². The van der Waals surface area contributed by atoms with Crippen LogP contribution in [0.2, 0.25) is 0 Å². The lowest BCUT2D eigenvalue weighted by Crippen LogP contribution is -2.37. The van der Waals surface area contributed by atoms with Gasteiger partial charge in [0, 0.05) is 23.5 Å². The molecule has 2 aliphatic rings. The van der Waals surface area contributed by atoms with E-state index in [9.17, 15) is 5.26 Å². The second-order valence-corrected chi connectivity index (χ2v) is 10.4. The van der Waals surface area contributed by atoms with Crippen molar-refractivity contribution in [2.75, 3.05) is 24.5 Å². The van der Waals surface area contributed by atoms with Crippen LogP contribution in [0.25, 0.3) is 11.1 Å². The summed E-state index contributed by atoms with van der Waals surface area (Å²) in [5, 5.41) is 17.2. The lowest BCUT2D eigenvalue weighted by molar-refractivity contribution is -0.0125. The van der Waals surface area contributed by atoms with Crippen molar-refractivity contribution in [3.63, 3.8) is 0 Å². The number of piperidine rings is 1. The van der Waals surface area contributed by atoms with Gasteiger partial charge in [0.05, 0.1) is 29.4 Å². The summed E-state index contributed by atoms with van der Waals surface area (Å²) in [7, 11) is 0. The first-order valence-corrected chi connectivity index (χ1v) is 13.1. The molecule has 1 atom stereocenters. The third-order valence-electron chi connectivity index (χ3n) is 7.67. The molecule has 1 saturated carbocycles. The first kappa shape index (κ1) is 24.5. The average molecular weight is 485 g/mol. The molecule has 1 aliphatic carbocycles. The summed E-state index contributed by atoms with van der Waals surface area (Å²) < 4.78 is 12.0. The highest BCUT2D eigenvalue weighted by molar-refractivity contribution is 5.76. The third kappa shape index (κ3) is 4.91. The van der Waals surface area contributed by atoms with Crippen molar-refractivity contribution < 1.29 is 9.26 Å². The van der Waals surface area contributed by atoms with E-state index in [-0.39, 0.29) is 11.5 Å². The van der Waals surface area contributed by atoms with Crippen molar-refractivity contribution in [1.82, 2.24) is 10.5 Å². The minimum Gasteiger partial charge on any atom is -0.373 e. The molecule has 0 spiro atoms. The predicted molar refractivity (Wildman–Crippen MR) is 143 cm³/mol. The Labute approximate surface area is 214 Å². The molecular formula is C30H36N4O2. The molecule has 36 heavy (non-hydrogen) atoms. The smallest absolute Gasteiger partial charge is 0.141 e. The van der Waals surface area contributed by atoms with Gasteiger partial charge in [-0.1, -0.05) is 29.4 Å². The van der Waals surface area contributed by atoms with Crippen molar-refractivity contribution in [2.24, 2.45) is 0 Å². The maximum Gasteiger partial charge on any atom is 0.141 e. The van der Waals surface area contributed by atoms with Crippen molar-refractivity contribution in [3.05, 3.63) is 65.0 Å². The molecular weight excluding hydrogens is 448 g/mol. The van der Waals surface area contributed by atoms with E-state index in [1.807, 2.05) is 13.8 Å². The van der Waals surface area contributed by atoms with E-state index in [1.165, 1.54) is 5.56 Å². The van der Waals surface area contributed by atoms with Gasteiger partial charge in [-0.3, -0.25) is 0 Å². The predicted octanol–water partition coefficient (Wildman–Crippen LogP) is 6.12. The summed E-state index contributed by atoms with van der Waals surface area (Å²) in [6.07, 6.45) is 4.36. The highest BCUT2D eigenvalue weighted by atomic mass is 16.5. The van der Waals surface area contributed by atoms with Crippen LogP contribution in [0.3, 0.4) is 0 Å². The van der Waals surface area contributed by atoms with Gasteiger partial charge in [0.25, 0.3) is 0 Å². The van der Waals surface area contributed by atoms with E-state index in [0.717, 1.165) is 84.8 Å².